The van der Waals surface area contributed by atoms with E-state index in [1.165, 1.54) is 18.0 Å². The molecule has 0 bridgehead atoms. The molecule has 2 rings (SSSR count). The number of methoxy groups -OCH3 is 1. The van der Waals surface area contributed by atoms with E-state index in [1.807, 2.05) is 24.3 Å². The first-order valence-corrected chi connectivity index (χ1v) is 7.04. The lowest BCUT2D eigenvalue weighted by Crippen LogP contribution is -1.98. The number of ether oxygens (including phenoxy) is 2. The van der Waals surface area contributed by atoms with Gasteiger partial charge in [0.1, 0.15) is 17.0 Å². The van der Waals surface area contributed by atoms with Crippen LogP contribution < -0.4 is 9.47 Å². The Labute approximate surface area is 126 Å². The van der Waals surface area contributed by atoms with Gasteiger partial charge in [-0.15, -0.1) is 0 Å². The Hall–Kier alpha value is -2.28. The van der Waals surface area contributed by atoms with Crippen LogP contribution in [-0.2, 0) is 0 Å². The molecule has 0 saturated carbocycles. The lowest BCUT2D eigenvalue weighted by Gasteiger charge is -2.06. The van der Waals surface area contributed by atoms with Crippen LogP contribution in [0.3, 0.4) is 0 Å². The summed E-state index contributed by atoms with van der Waals surface area (Å²) < 4.78 is 10.4. The summed E-state index contributed by atoms with van der Waals surface area (Å²) in [7, 11) is 1.61. The Morgan fingerprint density at radius 1 is 1.33 bits per heavy atom. The van der Waals surface area contributed by atoms with Crippen molar-refractivity contribution in [2.45, 2.75) is 16.8 Å². The number of rotatable bonds is 6. The van der Waals surface area contributed by atoms with Crippen LogP contribution in [0.4, 0.5) is 5.69 Å². The van der Waals surface area contributed by atoms with E-state index < -0.39 is 4.92 Å². The minimum absolute atomic E-state index is 0.129. The van der Waals surface area contributed by atoms with E-state index in [-0.39, 0.29) is 11.4 Å². The second-order valence-corrected chi connectivity index (χ2v) is 5.05. The van der Waals surface area contributed by atoms with Crippen molar-refractivity contribution in [3.63, 3.8) is 0 Å². The molecule has 2 aromatic rings. The Morgan fingerprint density at radius 2 is 2.05 bits per heavy atom. The number of nitrogens with zero attached hydrogens (tertiary/aromatic N) is 2. The van der Waals surface area contributed by atoms with Gasteiger partial charge in [-0.25, -0.2) is 4.98 Å². The maximum atomic E-state index is 10.9. The molecule has 0 saturated heterocycles. The van der Waals surface area contributed by atoms with Gasteiger partial charge in [0.2, 0.25) is 5.75 Å². The van der Waals surface area contributed by atoms with Crippen molar-refractivity contribution in [1.29, 1.82) is 0 Å². The molecule has 0 fully saturated rings. The smallest absolute Gasteiger partial charge is 0.329 e. The summed E-state index contributed by atoms with van der Waals surface area (Å²) in [6.07, 6.45) is 1.22. The van der Waals surface area contributed by atoms with Gasteiger partial charge >= 0.3 is 5.69 Å². The van der Waals surface area contributed by atoms with Crippen LogP contribution in [0.15, 0.2) is 46.5 Å². The molecular formula is C14H14N2O4S. The number of nitro groups is 1. The first kappa shape index (κ1) is 15.1. The van der Waals surface area contributed by atoms with Crippen molar-refractivity contribution < 1.29 is 14.4 Å². The molecule has 0 aliphatic carbocycles. The number of benzene rings is 1. The summed E-state index contributed by atoms with van der Waals surface area (Å²) in [4.78, 5) is 15.5. The quantitative estimate of drug-likeness (QED) is 0.600. The zero-order chi connectivity index (χ0) is 15.2. The van der Waals surface area contributed by atoms with Gasteiger partial charge in [0.15, 0.2) is 0 Å². The molecule has 7 heteroatoms. The molecule has 0 radical (unpaired) electrons. The molecule has 0 N–H and O–H groups in total. The summed E-state index contributed by atoms with van der Waals surface area (Å²) in [6.45, 7) is 2.14. The predicted octanol–water partition coefficient (Wildman–Crippen LogP) is 3.55. The number of aromatic nitrogens is 1. The second kappa shape index (κ2) is 6.94. The van der Waals surface area contributed by atoms with E-state index in [0.717, 1.165) is 10.6 Å². The molecule has 0 spiro atoms. The highest BCUT2D eigenvalue weighted by Gasteiger charge is 2.16. The van der Waals surface area contributed by atoms with E-state index in [1.54, 1.807) is 20.1 Å². The van der Waals surface area contributed by atoms with Crippen LogP contribution >= 0.6 is 11.8 Å². The molecule has 1 heterocycles. The van der Waals surface area contributed by atoms with E-state index in [4.69, 9.17) is 9.47 Å². The van der Waals surface area contributed by atoms with Crippen molar-refractivity contribution >= 4 is 17.4 Å². The van der Waals surface area contributed by atoms with Gasteiger partial charge < -0.3 is 9.47 Å². The monoisotopic (exact) mass is 306 g/mol. The first-order valence-electron chi connectivity index (χ1n) is 6.23. The zero-order valence-corrected chi connectivity index (χ0v) is 12.4. The van der Waals surface area contributed by atoms with Crippen molar-refractivity contribution in [3.8, 4) is 11.5 Å². The van der Waals surface area contributed by atoms with Gasteiger partial charge in [0.05, 0.1) is 18.6 Å². The summed E-state index contributed by atoms with van der Waals surface area (Å²) in [5.74, 6) is 1.000. The molecule has 21 heavy (non-hydrogen) atoms. The Morgan fingerprint density at radius 3 is 2.62 bits per heavy atom. The van der Waals surface area contributed by atoms with Crippen LogP contribution in [0.25, 0.3) is 0 Å². The number of hydrogen-bond acceptors (Lipinski definition) is 6. The average molecular weight is 306 g/mol. The molecule has 110 valence electrons. The minimum Gasteiger partial charge on any atom is -0.497 e. The zero-order valence-electron chi connectivity index (χ0n) is 11.6. The van der Waals surface area contributed by atoms with Gasteiger partial charge in [-0.05, 0) is 31.2 Å². The summed E-state index contributed by atoms with van der Waals surface area (Å²) >= 11 is 1.40. The molecule has 6 nitrogen and oxygen atoms in total. The molecule has 1 aromatic heterocycles. The highest BCUT2D eigenvalue weighted by atomic mass is 32.2. The molecular weight excluding hydrogens is 292 g/mol. The van der Waals surface area contributed by atoms with Crippen molar-refractivity contribution in [2.24, 2.45) is 0 Å². The highest BCUT2D eigenvalue weighted by molar-refractivity contribution is 7.99. The fraction of sp³-hybridized carbons (Fsp3) is 0.214. The largest absolute Gasteiger partial charge is 0.497 e. The third-order valence-electron chi connectivity index (χ3n) is 2.60. The Bertz CT molecular complexity index is 631. The van der Waals surface area contributed by atoms with Crippen LogP contribution in [0.2, 0.25) is 0 Å². The van der Waals surface area contributed by atoms with Gasteiger partial charge in [-0.2, -0.15) is 0 Å². The standard InChI is InChI=1S/C14H14N2O4S/c1-3-20-13-8-14(15-9-12(13)16(17)18)21-11-6-4-10(19-2)5-7-11/h4-9H,3H2,1-2H3. The molecule has 0 atom stereocenters. The topological polar surface area (TPSA) is 74.5 Å². The van der Waals surface area contributed by atoms with Crippen LogP contribution in [0, 0.1) is 10.1 Å². The van der Waals surface area contributed by atoms with E-state index >= 15 is 0 Å². The van der Waals surface area contributed by atoms with E-state index in [0.29, 0.717) is 11.6 Å². The lowest BCUT2D eigenvalue weighted by molar-refractivity contribution is -0.386. The summed E-state index contributed by atoms with van der Waals surface area (Å²) in [5, 5.41) is 11.5. The van der Waals surface area contributed by atoms with Crippen LogP contribution in [0.5, 0.6) is 11.5 Å². The maximum Gasteiger partial charge on any atom is 0.329 e. The van der Waals surface area contributed by atoms with Gasteiger partial charge in [0, 0.05) is 11.0 Å². The number of pyridine rings is 1. The van der Waals surface area contributed by atoms with Crippen molar-refractivity contribution in [1.82, 2.24) is 4.98 Å². The first-order chi connectivity index (χ1) is 10.1. The molecule has 0 aliphatic rings. The average Bonchev–Trinajstić information content (AvgIpc) is 2.48. The summed E-state index contributed by atoms with van der Waals surface area (Å²) in [5.41, 5.74) is -0.129. The molecule has 1 aromatic carbocycles. The van der Waals surface area contributed by atoms with Gasteiger partial charge in [-0.3, -0.25) is 10.1 Å². The molecule has 0 aliphatic heterocycles. The van der Waals surface area contributed by atoms with Gasteiger partial charge in [0.25, 0.3) is 0 Å². The molecule has 0 unspecified atom stereocenters. The van der Waals surface area contributed by atoms with Crippen LogP contribution in [-0.4, -0.2) is 23.6 Å². The summed E-state index contributed by atoms with van der Waals surface area (Å²) in [6, 6.07) is 9.06. The third-order valence-corrected chi connectivity index (χ3v) is 3.54. The Kier molecular flexibility index (Phi) is 4.99. The lowest BCUT2D eigenvalue weighted by atomic mass is 10.3. The maximum absolute atomic E-state index is 10.9. The highest BCUT2D eigenvalue weighted by Crippen LogP contribution is 2.33. The van der Waals surface area contributed by atoms with Gasteiger partial charge in [-0.1, -0.05) is 11.8 Å². The fourth-order valence-corrected chi connectivity index (χ4v) is 2.43. The normalized spacial score (nSPS) is 10.2. The minimum atomic E-state index is -0.500. The van der Waals surface area contributed by atoms with Crippen LogP contribution in [0.1, 0.15) is 6.92 Å². The van der Waals surface area contributed by atoms with E-state index in [2.05, 4.69) is 4.98 Å². The SMILES string of the molecule is CCOc1cc(Sc2ccc(OC)cc2)ncc1[N+](=O)[O-]. The van der Waals surface area contributed by atoms with Crippen molar-refractivity contribution in [2.75, 3.05) is 13.7 Å². The second-order valence-electron chi connectivity index (χ2n) is 3.96. The predicted molar refractivity (Wildman–Crippen MR) is 79.2 cm³/mol. The Balaban J connectivity index is 2.23. The number of hydrogen-bond donors (Lipinski definition) is 0. The van der Waals surface area contributed by atoms with Crippen molar-refractivity contribution in [3.05, 3.63) is 46.6 Å². The third kappa shape index (κ3) is 3.85. The van der Waals surface area contributed by atoms with E-state index in [9.17, 15) is 10.1 Å². The molecule has 0 amide bonds. The fourth-order valence-electron chi connectivity index (χ4n) is 1.64.